The molecule has 2 aromatic carbocycles. The molecule has 28 heavy (non-hydrogen) atoms. The van der Waals surface area contributed by atoms with Gasteiger partial charge in [0, 0.05) is 17.5 Å². The highest BCUT2D eigenvalue weighted by Crippen LogP contribution is 2.31. The van der Waals surface area contributed by atoms with Crippen molar-refractivity contribution in [3.8, 4) is 17.0 Å². The number of ether oxygens (including phenoxy) is 1. The Morgan fingerprint density at radius 2 is 1.89 bits per heavy atom. The third kappa shape index (κ3) is 2.93. The lowest BCUT2D eigenvalue weighted by atomic mass is 10.1. The van der Waals surface area contributed by atoms with Crippen molar-refractivity contribution in [2.45, 2.75) is 20.2 Å². The van der Waals surface area contributed by atoms with Crippen LogP contribution in [0.25, 0.3) is 17.3 Å². The van der Waals surface area contributed by atoms with Gasteiger partial charge in [-0.2, -0.15) is 0 Å². The Bertz CT molecular complexity index is 1060. The van der Waals surface area contributed by atoms with E-state index in [0.717, 1.165) is 34.6 Å². The first-order valence-electron chi connectivity index (χ1n) is 8.77. The Labute approximate surface area is 161 Å². The van der Waals surface area contributed by atoms with Crippen molar-refractivity contribution < 1.29 is 18.6 Å². The van der Waals surface area contributed by atoms with Crippen molar-refractivity contribution in [1.82, 2.24) is 9.55 Å². The van der Waals surface area contributed by atoms with Crippen LogP contribution in [0.5, 0.6) is 5.75 Å². The van der Waals surface area contributed by atoms with E-state index in [0.29, 0.717) is 6.67 Å². The second-order valence-electron chi connectivity index (χ2n) is 6.50. The molecule has 0 bridgehead atoms. The van der Waals surface area contributed by atoms with E-state index < -0.39 is 18.2 Å². The Kier molecular flexibility index (Phi) is 4.60. The zero-order valence-corrected chi connectivity index (χ0v) is 15.5. The maximum Gasteiger partial charge on any atom is 0.155 e. The average molecular weight is 383 g/mol. The van der Waals surface area contributed by atoms with E-state index in [1.807, 2.05) is 35.8 Å². The molecular weight excluding hydrogens is 364 g/mol. The smallest absolute Gasteiger partial charge is 0.155 e. The molecule has 0 atom stereocenters. The minimum absolute atomic E-state index is 0.200. The van der Waals surface area contributed by atoms with Gasteiger partial charge in [-0.15, -0.1) is 0 Å². The molecule has 1 N–H and O–H groups in total. The van der Waals surface area contributed by atoms with Crippen LogP contribution in [0.2, 0.25) is 0 Å². The highest BCUT2D eigenvalue weighted by molar-refractivity contribution is 5.67. The number of fused-ring (bicyclic) bond motifs is 1. The number of aliphatic hydroxyl groups excluding tert-OH is 1. The van der Waals surface area contributed by atoms with Crippen molar-refractivity contribution in [1.29, 1.82) is 0 Å². The molecule has 0 aliphatic carbocycles. The van der Waals surface area contributed by atoms with Gasteiger partial charge in [0.25, 0.3) is 0 Å². The maximum absolute atomic E-state index is 14.6. The lowest BCUT2D eigenvalue weighted by Crippen LogP contribution is -2.26. The molecule has 0 fully saturated rings. The van der Waals surface area contributed by atoms with Gasteiger partial charge in [0.1, 0.15) is 24.1 Å². The van der Waals surface area contributed by atoms with E-state index in [-0.39, 0.29) is 11.3 Å². The number of aromatic nitrogens is 2. The molecule has 0 unspecified atom stereocenters. The zero-order chi connectivity index (χ0) is 19.8. The van der Waals surface area contributed by atoms with Crippen molar-refractivity contribution in [3.05, 3.63) is 71.3 Å². The first kappa shape index (κ1) is 18.2. The van der Waals surface area contributed by atoms with Gasteiger partial charge in [0.05, 0.1) is 30.7 Å². The first-order chi connectivity index (χ1) is 13.5. The lowest BCUT2D eigenvalue weighted by molar-refractivity contribution is 0.269. The van der Waals surface area contributed by atoms with Gasteiger partial charge < -0.3 is 19.3 Å². The SMILES string of the molecule is COc1ccc(-c2nc3n(c2C)CN(c2ccc(F)c(CO)c2F)C=C3)cc1. The van der Waals surface area contributed by atoms with Crippen molar-refractivity contribution in [2.24, 2.45) is 0 Å². The lowest BCUT2D eigenvalue weighted by Gasteiger charge is -2.27. The van der Waals surface area contributed by atoms with Gasteiger partial charge in [-0.1, -0.05) is 0 Å². The Balaban J connectivity index is 1.69. The Morgan fingerprint density at radius 1 is 1.14 bits per heavy atom. The summed E-state index contributed by atoms with van der Waals surface area (Å²) in [6, 6.07) is 10.2. The Morgan fingerprint density at radius 3 is 2.57 bits per heavy atom. The van der Waals surface area contributed by atoms with Crippen molar-refractivity contribution in [3.63, 3.8) is 0 Å². The number of hydrogen-bond donors (Lipinski definition) is 1. The van der Waals surface area contributed by atoms with E-state index in [4.69, 9.17) is 4.74 Å². The highest BCUT2D eigenvalue weighted by atomic mass is 19.1. The summed E-state index contributed by atoms with van der Waals surface area (Å²) in [4.78, 5) is 6.35. The molecule has 3 aromatic rings. The quantitative estimate of drug-likeness (QED) is 0.737. The van der Waals surface area contributed by atoms with E-state index >= 15 is 0 Å². The number of hydrogen-bond acceptors (Lipinski definition) is 4. The first-order valence-corrected chi connectivity index (χ1v) is 8.77. The monoisotopic (exact) mass is 383 g/mol. The van der Waals surface area contributed by atoms with Crippen LogP contribution in [0.1, 0.15) is 17.1 Å². The minimum atomic E-state index is -0.760. The van der Waals surface area contributed by atoms with Crippen molar-refractivity contribution >= 4 is 11.8 Å². The number of aliphatic hydroxyl groups is 1. The van der Waals surface area contributed by atoms with Gasteiger partial charge >= 0.3 is 0 Å². The molecular formula is C21H19F2N3O2. The fourth-order valence-electron chi connectivity index (χ4n) is 3.35. The van der Waals surface area contributed by atoms with Gasteiger partial charge in [0.15, 0.2) is 5.82 Å². The van der Waals surface area contributed by atoms with Gasteiger partial charge in [0.2, 0.25) is 0 Å². The summed E-state index contributed by atoms with van der Waals surface area (Å²) in [5.74, 6) is 0.00201. The fraction of sp³-hybridized carbons (Fsp3) is 0.190. The van der Waals surface area contributed by atoms with Gasteiger partial charge in [-0.25, -0.2) is 13.8 Å². The van der Waals surface area contributed by atoms with Crippen LogP contribution in [0.3, 0.4) is 0 Å². The molecule has 2 heterocycles. The average Bonchev–Trinajstić information content (AvgIpc) is 3.04. The summed E-state index contributed by atoms with van der Waals surface area (Å²) in [6.45, 7) is 1.59. The highest BCUT2D eigenvalue weighted by Gasteiger charge is 2.22. The van der Waals surface area contributed by atoms with Crippen LogP contribution < -0.4 is 9.64 Å². The van der Waals surface area contributed by atoms with Gasteiger partial charge in [-0.05, 0) is 49.4 Å². The molecule has 0 spiro atoms. The number of halogens is 2. The normalized spacial score (nSPS) is 13.0. The number of imidazole rings is 1. The molecule has 144 valence electrons. The number of anilines is 1. The molecule has 1 aliphatic rings. The van der Waals surface area contributed by atoms with Crippen LogP contribution in [-0.4, -0.2) is 21.8 Å². The molecule has 4 rings (SSSR count). The largest absolute Gasteiger partial charge is 0.497 e. The zero-order valence-electron chi connectivity index (χ0n) is 15.5. The predicted octanol–water partition coefficient (Wildman–Crippen LogP) is 4.09. The van der Waals surface area contributed by atoms with E-state index in [1.54, 1.807) is 24.3 Å². The number of benzene rings is 2. The third-order valence-corrected chi connectivity index (χ3v) is 4.94. The second kappa shape index (κ2) is 7.09. The molecule has 0 amide bonds. The number of nitrogens with zero attached hydrogens (tertiary/aromatic N) is 3. The van der Waals surface area contributed by atoms with Crippen LogP contribution in [0.15, 0.2) is 42.6 Å². The van der Waals surface area contributed by atoms with E-state index in [1.165, 1.54) is 6.07 Å². The Hall–Kier alpha value is -3.19. The summed E-state index contributed by atoms with van der Waals surface area (Å²) >= 11 is 0. The van der Waals surface area contributed by atoms with Crippen LogP contribution in [-0.2, 0) is 13.3 Å². The van der Waals surface area contributed by atoms with Crippen LogP contribution >= 0.6 is 0 Å². The molecule has 0 saturated heterocycles. The molecule has 5 nitrogen and oxygen atoms in total. The van der Waals surface area contributed by atoms with E-state index in [2.05, 4.69) is 4.98 Å². The van der Waals surface area contributed by atoms with Crippen LogP contribution in [0.4, 0.5) is 14.5 Å². The van der Waals surface area contributed by atoms with Crippen LogP contribution in [0, 0.1) is 18.6 Å². The number of rotatable bonds is 4. The molecule has 1 aliphatic heterocycles. The second-order valence-corrected chi connectivity index (χ2v) is 6.50. The van der Waals surface area contributed by atoms with Gasteiger partial charge in [-0.3, -0.25) is 0 Å². The topological polar surface area (TPSA) is 50.5 Å². The molecule has 0 radical (unpaired) electrons. The summed E-state index contributed by atoms with van der Waals surface area (Å²) in [7, 11) is 1.62. The molecule has 1 aromatic heterocycles. The van der Waals surface area contributed by atoms with E-state index in [9.17, 15) is 13.9 Å². The molecule has 0 saturated carbocycles. The van der Waals surface area contributed by atoms with Crippen molar-refractivity contribution in [2.75, 3.05) is 12.0 Å². The third-order valence-electron chi connectivity index (χ3n) is 4.94. The minimum Gasteiger partial charge on any atom is -0.497 e. The summed E-state index contributed by atoms with van der Waals surface area (Å²) in [5.41, 5.74) is 2.58. The summed E-state index contributed by atoms with van der Waals surface area (Å²) in [6.07, 6.45) is 3.49. The predicted molar refractivity (Wildman–Crippen MR) is 103 cm³/mol. The summed E-state index contributed by atoms with van der Waals surface area (Å²) in [5, 5.41) is 9.25. The standard InChI is InChI=1S/C21H19F2N3O2/c1-13-21(14-3-5-15(28-2)6-4-14)24-19-9-10-25(12-26(13)19)18-8-7-17(22)16(11-27)20(18)23/h3-10,27H,11-12H2,1-2H3. The number of methoxy groups -OCH3 is 1. The molecule has 7 heteroatoms. The fourth-order valence-corrected chi connectivity index (χ4v) is 3.35. The maximum atomic E-state index is 14.6. The summed E-state index contributed by atoms with van der Waals surface area (Å²) < 4.78 is 35.5.